The summed E-state index contributed by atoms with van der Waals surface area (Å²) >= 11 is 0. The SMILES string of the molecule is C[C@H](CO)N1C[C@H](C)[C@@H](CN(C)Cc2ccncc2)OCCCC[C@H](C)Oc2ccc(NC(=O)c3ccccc3)cc2C1=O. The highest BCUT2D eigenvalue weighted by Gasteiger charge is 2.30. The summed E-state index contributed by atoms with van der Waals surface area (Å²) in [6, 6.07) is 17.7. The second kappa shape index (κ2) is 16.3. The van der Waals surface area contributed by atoms with Crippen LogP contribution in [0, 0.1) is 5.92 Å². The number of rotatable bonds is 8. The van der Waals surface area contributed by atoms with E-state index in [0.29, 0.717) is 42.3 Å². The first-order chi connectivity index (χ1) is 21.2. The van der Waals surface area contributed by atoms with Gasteiger partial charge < -0.3 is 24.8 Å². The third kappa shape index (κ3) is 9.35. The lowest BCUT2D eigenvalue weighted by Crippen LogP contribution is -2.47. The summed E-state index contributed by atoms with van der Waals surface area (Å²) < 4.78 is 12.8. The van der Waals surface area contributed by atoms with Crippen LogP contribution < -0.4 is 10.1 Å². The lowest BCUT2D eigenvalue weighted by molar-refractivity contribution is -0.0177. The Morgan fingerprint density at radius 2 is 1.86 bits per heavy atom. The van der Waals surface area contributed by atoms with Crippen LogP contribution in [-0.4, -0.2) is 83.3 Å². The summed E-state index contributed by atoms with van der Waals surface area (Å²) in [4.78, 5) is 35.3. The predicted molar refractivity (Wildman–Crippen MR) is 172 cm³/mol. The van der Waals surface area contributed by atoms with E-state index in [1.807, 2.05) is 32.0 Å². The number of aliphatic hydroxyl groups excluding tert-OH is 1. The second-order valence-electron chi connectivity index (χ2n) is 11.9. The Labute approximate surface area is 261 Å². The zero-order valence-electron chi connectivity index (χ0n) is 26.3. The minimum atomic E-state index is -0.444. The molecule has 0 radical (unpaired) electrons. The van der Waals surface area contributed by atoms with Gasteiger partial charge in [0.1, 0.15) is 5.75 Å². The van der Waals surface area contributed by atoms with Gasteiger partial charge in [0.2, 0.25) is 0 Å². The molecule has 9 heteroatoms. The fraction of sp³-hybridized carbons (Fsp3) is 0.457. The molecule has 2 N–H and O–H groups in total. The van der Waals surface area contributed by atoms with Crippen LogP contribution in [0.25, 0.3) is 0 Å². The molecular weight excluding hydrogens is 556 g/mol. The van der Waals surface area contributed by atoms with Crippen LogP contribution in [0.15, 0.2) is 73.1 Å². The van der Waals surface area contributed by atoms with E-state index in [4.69, 9.17) is 9.47 Å². The molecular formula is C35H46N4O5. The normalized spacial score (nSPS) is 20.7. The Balaban J connectivity index is 1.61. The van der Waals surface area contributed by atoms with E-state index < -0.39 is 6.04 Å². The molecule has 2 amide bonds. The molecule has 0 fully saturated rings. The third-order valence-electron chi connectivity index (χ3n) is 8.04. The number of anilines is 1. The fourth-order valence-corrected chi connectivity index (χ4v) is 5.43. The molecule has 0 unspecified atom stereocenters. The minimum absolute atomic E-state index is 0.0277. The van der Waals surface area contributed by atoms with Gasteiger partial charge in [-0.2, -0.15) is 0 Å². The van der Waals surface area contributed by atoms with Crippen molar-refractivity contribution in [3.8, 4) is 5.75 Å². The quantitative estimate of drug-likeness (QED) is 0.363. The summed E-state index contributed by atoms with van der Waals surface area (Å²) in [5.41, 5.74) is 2.53. The summed E-state index contributed by atoms with van der Waals surface area (Å²) in [5, 5.41) is 13.1. The van der Waals surface area contributed by atoms with Gasteiger partial charge in [0.15, 0.2) is 0 Å². The molecule has 1 aromatic heterocycles. The molecule has 0 saturated carbocycles. The van der Waals surface area contributed by atoms with Crippen LogP contribution in [0.4, 0.5) is 5.69 Å². The average Bonchev–Trinajstić information content (AvgIpc) is 3.03. The lowest BCUT2D eigenvalue weighted by atomic mass is 10.0. The molecule has 9 nitrogen and oxygen atoms in total. The van der Waals surface area contributed by atoms with Gasteiger partial charge in [0, 0.05) is 55.8 Å². The van der Waals surface area contributed by atoms with Crippen LogP contribution in [-0.2, 0) is 11.3 Å². The van der Waals surface area contributed by atoms with Crippen LogP contribution >= 0.6 is 0 Å². The standard InChI is InChI=1S/C35H46N4O5/c1-25-21-39(26(2)24-40)35(42)31-20-30(37-34(41)29-11-6-5-7-12-29)13-14-32(31)44-27(3)10-8-9-19-43-33(25)23-38(4)22-28-15-17-36-18-16-28/h5-7,11-18,20,25-27,33,40H,8-10,19,21-24H2,1-4H3,(H,37,41)/t25-,26+,27-,33+/m0/s1. The molecule has 2 heterocycles. The van der Waals surface area contributed by atoms with E-state index in [0.717, 1.165) is 25.8 Å². The van der Waals surface area contributed by atoms with Gasteiger partial charge >= 0.3 is 0 Å². The number of carbonyl (C=O) groups excluding carboxylic acids is 2. The van der Waals surface area contributed by atoms with Gasteiger partial charge in [-0.15, -0.1) is 0 Å². The first kappa shape index (κ1) is 33.1. The molecule has 3 aromatic rings. The molecule has 1 aliphatic heterocycles. The average molecular weight is 603 g/mol. The first-order valence-corrected chi connectivity index (χ1v) is 15.5. The molecule has 4 atom stereocenters. The molecule has 236 valence electrons. The smallest absolute Gasteiger partial charge is 0.258 e. The van der Waals surface area contributed by atoms with E-state index in [1.54, 1.807) is 59.8 Å². The summed E-state index contributed by atoms with van der Waals surface area (Å²) in [6.45, 7) is 8.18. The Morgan fingerprint density at radius 1 is 1.11 bits per heavy atom. The van der Waals surface area contributed by atoms with Gasteiger partial charge in [-0.3, -0.25) is 19.5 Å². The van der Waals surface area contributed by atoms with Crippen molar-refractivity contribution in [2.24, 2.45) is 5.92 Å². The highest BCUT2D eigenvalue weighted by molar-refractivity contribution is 6.05. The monoisotopic (exact) mass is 602 g/mol. The molecule has 0 bridgehead atoms. The first-order valence-electron chi connectivity index (χ1n) is 15.5. The zero-order chi connectivity index (χ0) is 31.5. The zero-order valence-corrected chi connectivity index (χ0v) is 26.3. The highest BCUT2D eigenvalue weighted by Crippen LogP contribution is 2.29. The number of likely N-dealkylation sites (N-methyl/N-ethyl adjacent to an activating group) is 1. The van der Waals surface area contributed by atoms with Crippen molar-refractivity contribution in [1.82, 2.24) is 14.8 Å². The predicted octanol–water partition coefficient (Wildman–Crippen LogP) is 5.26. The number of hydrogen-bond donors (Lipinski definition) is 2. The van der Waals surface area contributed by atoms with Crippen molar-refractivity contribution in [2.75, 3.05) is 38.7 Å². The van der Waals surface area contributed by atoms with Crippen molar-refractivity contribution in [1.29, 1.82) is 0 Å². The van der Waals surface area contributed by atoms with E-state index in [1.165, 1.54) is 5.56 Å². The Morgan fingerprint density at radius 3 is 2.59 bits per heavy atom. The maximum atomic E-state index is 14.3. The molecule has 0 spiro atoms. The molecule has 44 heavy (non-hydrogen) atoms. The van der Waals surface area contributed by atoms with Crippen LogP contribution in [0.1, 0.15) is 66.3 Å². The maximum absolute atomic E-state index is 14.3. The maximum Gasteiger partial charge on any atom is 0.258 e. The lowest BCUT2D eigenvalue weighted by Gasteiger charge is -2.36. The number of benzene rings is 2. The summed E-state index contributed by atoms with van der Waals surface area (Å²) in [6.07, 6.45) is 5.97. The topological polar surface area (TPSA) is 104 Å². The number of aromatic nitrogens is 1. The van der Waals surface area contributed by atoms with Crippen molar-refractivity contribution in [3.63, 3.8) is 0 Å². The molecule has 1 aliphatic rings. The van der Waals surface area contributed by atoms with Crippen LogP contribution in [0.3, 0.4) is 0 Å². The number of pyridine rings is 1. The molecule has 4 rings (SSSR count). The number of nitrogens with zero attached hydrogens (tertiary/aromatic N) is 3. The van der Waals surface area contributed by atoms with Gasteiger partial charge in [-0.25, -0.2) is 0 Å². The molecule has 2 aromatic carbocycles. The van der Waals surface area contributed by atoms with Gasteiger partial charge in [0.05, 0.1) is 30.4 Å². The number of nitrogens with one attached hydrogen (secondary N) is 1. The van der Waals surface area contributed by atoms with Crippen molar-refractivity contribution < 1.29 is 24.2 Å². The van der Waals surface area contributed by atoms with Crippen molar-refractivity contribution in [3.05, 3.63) is 89.7 Å². The fourth-order valence-electron chi connectivity index (χ4n) is 5.43. The van der Waals surface area contributed by atoms with E-state index >= 15 is 0 Å². The number of amides is 2. The van der Waals surface area contributed by atoms with E-state index in [-0.39, 0.29) is 36.5 Å². The summed E-state index contributed by atoms with van der Waals surface area (Å²) in [7, 11) is 2.07. The van der Waals surface area contributed by atoms with E-state index in [2.05, 4.69) is 29.2 Å². The highest BCUT2D eigenvalue weighted by atomic mass is 16.5. The second-order valence-corrected chi connectivity index (χ2v) is 11.9. The van der Waals surface area contributed by atoms with Gasteiger partial charge in [-0.1, -0.05) is 25.1 Å². The molecule has 0 aliphatic carbocycles. The van der Waals surface area contributed by atoms with Crippen LogP contribution in [0.5, 0.6) is 5.75 Å². The largest absolute Gasteiger partial charge is 0.490 e. The van der Waals surface area contributed by atoms with Gasteiger partial charge in [0.25, 0.3) is 11.8 Å². The minimum Gasteiger partial charge on any atom is -0.490 e. The van der Waals surface area contributed by atoms with Crippen molar-refractivity contribution >= 4 is 17.5 Å². The number of carbonyl (C=O) groups is 2. The van der Waals surface area contributed by atoms with E-state index in [9.17, 15) is 14.7 Å². The van der Waals surface area contributed by atoms with Crippen LogP contribution in [0.2, 0.25) is 0 Å². The number of aliphatic hydroxyl groups is 1. The molecule has 0 saturated heterocycles. The third-order valence-corrected chi connectivity index (χ3v) is 8.04. The summed E-state index contributed by atoms with van der Waals surface area (Å²) in [5.74, 6) is -0.0967. The van der Waals surface area contributed by atoms with Gasteiger partial charge in [-0.05, 0) is 88.2 Å². The Hall–Kier alpha value is -3.79. The van der Waals surface area contributed by atoms with Crippen molar-refractivity contribution in [2.45, 2.75) is 64.8 Å². The Bertz CT molecular complexity index is 1340. The number of fused-ring (bicyclic) bond motifs is 1. The number of ether oxygens (including phenoxy) is 2. The Kier molecular flexibility index (Phi) is 12.3. The number of hydrogen-bond acceptors (Lipinski definition) is 7.